The maximum atomic E-state index is 11.8. The van der Waals surface area contributed by atoms with Crippen molar-refractivity contribution in [1.82, 2.24) is 14.5 Å². The van der Waals surface area contributed by atoms with Gasteiger partial charge in [-0.05, 0) is 19.9 Å². The molecule has 0 aromatic rings. The van der Waals surface area contributed by atoms with Crippen LogP contribution in [0.3, 0.4) is 0 Å². The molecule has 0 aliphatic carbocycles. The molecule has 1 heterocycles. The summed E-state index contributed by atoms with van der Waals surface area (Å²) in [6, 6.07) is -0.462. The number of rotatable bonds is 8. The first kappa shape index (κ1) is 17.1. The van der Waals surface area contributed by atoms with E-state index in [4.69, 9.17) is 0 Å². The van der Waals surface area contributed by atoms with E-state index in [1.54, 1.807) is 13.8 Å². The van der Waals surface area contributed by atoms with Crippen LogP contribution < -0.4 is 5.32 Å². The van der Waals surface area contributed by atoms with Crippen molar-refractivity contribution in [2.24, 2.45) is 0 Å². The zero-order chi connectivity index (χ0) is 15.3. The van der Waals surface area contributed by atoms with Crippen LogP contribution in [0.15, 0.2) is 0 Å². The molecule has 8 heteroatoms. The van der Waals surface area contributed by atoms with Gasteiger partial charge in [-0.2, -0.15) is 0 Å². The van der Waals surface area contributed by atoms with Gasteiger partial charge in [-0.3, -0.25) is 14.5 Å². The molecule has 1 fully saturated rings. The number of hydrogen-bond donors (Lipinski definition) is 1. The second-order valence-corrected chi connectivity index (χ2v) is 6.78. The van der Waals surface area contributed by atoms with Crippen LogP contribution in [0.4, 0.5) is 0 Å². The SMILES string of the molecule is CCN1C(=O)CC(NCCCN(CC)S(C)(=O)=O)C1=O. The first-order valence-corrected chi connectivity index (χ1v) is 8.68. The lowest BCUT2D eigenvalue weighted by Crippen LogP contribution is -2.40. The number of likely N-dealkylation sites (tertiary alicyclic amines) is 1. The largest absolute Gasteiger partial charge is 0.305 e. The number of likely N-dealkylation sites (N-methyl/N-ethyl adjacent to an activating group) is 1. The Bertz CT molecular complexity index is 463. The number of nitrogens with zero attached hydrogens (tertiary/aromatic N) is 2. The summed E-state index contributed by atoms with van der Waals surface area (Å²) in [5, 5.41) is 3.02. The van der Waals surface area contributed by atoms with Crippen LogP contribution in [0.1, 0.15) is 26.7 Å². The van der Waals surface area contributed by atoms with E-state index in [1.165, 1.54) is 15.5 Å². The molecule has 1 aliphatic heterocycles. The summed E-state index contributed by atoms with van der Waals surface area (Å²) >= 11 is 0. The average Bonchev–Trinajstić information content (AvgIpc) is 2.62. The lowest BCUT2D eigenvalue weighted by atomic mass is 10.2. The summed E-state index contributed by atoms with van der Waals surface area (Å²) in [7, 11) is -3.17. The van der Waals surface area contributed by atoms with E-state index >= 15 is 0 Å². The van der Waals surface area contributed by atoms with Gasteiger partial charge in [0.05, 0.1) is 18.7 Å². The molecule has 1 N–H and O–H groups in total. The fraction of sp³-hybridized carbons (Fsp3) is 0.833. The molecule has 1 saturated heterocycles. The van der Waals surface area contributed by atoms with Crippen molar-refractivity contribution in [2.75, 3.05) is 32.4 Å². The van der Waals surface area contributed by atoms with Crippen molar-refractivity contribution in [2.45, 2.75) is 32.7 Å². The maximum Gasteiger partial charge on any atom is 0.246 e. The predicted octanol–water partition coefficient (Wildman–Crippen LogP) is -0.605. The van der Waals surface area contributed by atoms with Crippen molar-refractivity contribution >= 4 is 21.8 Å². The second kappa shape index (κ2) is 7.14. The first-order valence-electron chi connectivity index (χ1n) is 6.84. The van der Waals surface area contributed by atoms with Crippen molar-refractivity contribution in [1.29, 1.82) is 0 Å². The monoisotopic (exact) mass is 305 g/mol. The standard InChI is InChI=1S/C12H23N3O4S/c1-4-14(20(3,18)19)8-6-7-13-10-9-11(16)15(5-2)12(10)17/h10,13H,4-9H2,1-3H3. The third-order valence-electron chi connectivity index (χ3n) is 3.36. The van der Waals surface area contributed by atoms with Gasteiger partial charge < -0.3 is 5.32 Å². The molecule has 2 amide bonds. The Labute approximate surface area is 120 Å². The highest BCUT2D eigenvalue weighted by atomic mass is 32.2. The van der Waals surface area contributed by atoms with Gasteiger partial charge >= 0.3 is 0 Å². The molecule has 1 rings (SSSR count). The first-order chi connectivity index (χ1) is 9.31. The number of carbonyl (C=O) groups is 2. The van der Waals surface area contributed by atoms with Crippen molar-refractivity contribution in [3.05, 3.63) is 0 Å². The lowest BCUT2D eigenvalue weighted by molar-refractivity contribution is -0.138. The zero-order valence-corrected chi connectivity index (χ0v) is 13.1. The molecule has 0 saturated carbocycles. The molecule has 20 heavy (non-hydrogen) atoms. The molecule has 7 nitrogen and oxygen atoms in total. The third-order valence-corrected chi connectivity index (χ3v) is 4.74. The van der Waals surface area contributed by atoms with Gasteiger partial charge in [0.2, 0.25) is 21.8 Å². The van der Waals surface area contributed by atoms with Crippen LogP contribution >= 0.6 is 0 Å². The minimum absolute atomic E-state index is 0.152. The molecule has 0 spiro atoms. The van der Waals surface area contributed by atoms with Crippen LogP contribution in [-0.4, -0.2) is 67.9 Å². The quantitative estimate of drug-likeness (QED) is 0.478. The third kappa shape index (κ3) is 4.26. The van der Waals surface area contributed by atoms with Crippen molar-refractivity contribution in [3.63, 3.8) is 0 Å². The summed E-state index contributed by atoms with van der Waals surface area (Å²) in [5.41, 5.74) is 0. The summed E-state index contributed by atoms with van der Waals surface area (Å²) in [6.45, 7) is 5.30. The Morgan fingerprint density at radius 1 is 1.35 bits per heavy atom. The van der Waals surface area contributed by atoms with Gasteiger partial charge in [-0.15, -0.1) is 0 Å². The molecule has 1 atom stereocenters. The van der Waals surface area contributed by atoms with Gasteiger partial charge in [-0.25, -0.2) is 12.7 Å². The smallest absolute Gasteiger partial charge is 0.246 e. The molecule has 0 aromatic heterocycles. The normalized spacial score (nSPS) is 20.2. The molecule has 0 aromatic carbocycles. The van der Waals surface area contributed by atoms with Crippen LogP contribution in [0.25, 0.3) is 0 Å². The zero-order valence-electron chi connectivity index (χ0n) is 12.3. The average molecular weight is 305 g/mol. The number of nitrogens with one attached hydrogen (secondary N) is 1. The van der Waals surface area contributed by atoms with E-state index in [9.17, 15) is 18.0 Å². The second-order valence-electron chi connectivity index (χ2n) is 4.80. The Kier molecular flexibility index (Phi) is 6.09. The minimum Gasteiger partial charge on any atom is -0.305 e. The lowest BCUT2D eigenvalue weighted by Gasteiger charge is -2.18. The van der Waals surface area contributed by atoms with Gasteiger partial charge in [0.1, 0.15) is 0 Å². The number of carbonyl (C=O) groups excluding carboxylic acids is 2. The van der Waals surface area contributed by atoms with E-state index in [1.807, 2.05) is 0 Å². The molecular formula is C12H23N3O4S. The molecule has 1 unspecified atom stereocenters. The van der Waals surface area contributed by atoms with E-state index in [0.29, 0.717) is 32.6 Å². The Morgan fingerprint density at radius 2 is 2.00 bits per heavy atom. The molecule has 1 aliphatic rings. The highest BCUT2D eigenvalue weighted by Gasteiger charge is 2.36. The number of imide groups is 1. The number of hydrogen-bond acceptors (Lipinski definition) is 5. The van der Waals surface area contributed by atoms with Gasteiger partial charge in [0.25, 0.3) is 0 Å². The fourth-order valence-corrected chi connectivity index (χ4v) is 3.19. The van der Waals surface area contributed by atoms with Crippen molar-refractivity contribution in [3.8, 4) is 0 Å². The van der Waals surface area contributed by atoms with Gasteiger partial charge in [0.15, 0.2) is 0 Å². The Hall–Kier alpha value is -0.990. The van der Waals surface area contributed by atoms with Crippen LogP contribution in [0.5, 0.6) is 0 Å². The molecule has 0 radical (unpaired) electrons. The number of sulfonamides is 1. The Morgan fingerprint density at radius 3 is 2.45 bits per heavy atom. The van der Waals surface area contributed by atoms with Crippen LogP contribution in [0.2, 0.25) is 0 Å². The van der Waals surface area contributed by atoms with E-state index < -0.39 is 16.1 Å². The van der Waals surface area contributed by atoms with E-state index in [2.05, 4.69) is 5.32 Å². The van der Waals surface area contributed by atoms with Gasteiger partial charge in [-0.1, -0.05) is 6.92 Å². The molecule has 0 bridgehead atoms. The van der Waals surface area contributed by atoms with E-state index in [0.717, 1.165) is 0 Å². The highest BCUT2D eigenvalue weighted by Crippen LogP contribution is 2.12. The maximum absolute atomic E-state index is 11.8. The summed E-state index contributed by atoms with van der Waals surface area (Å²) in [4.78, 5) is 24.6. The summed E-state index contributed by atoms with van der Waals surface area (Å²) in [5.74, 6) is -0.339. The summed E-state index contributed by atoms with van der Waals surface area (Å²) in [6.07, 6.45) is 1.98. The van der Waals surface area contributed by atoms with Crippen molar-refractivity contribution < 1.29 is 18.0 Å². The molecule has 116 valence electrons. The van der Waals surface area contributed by atoms with Gasteiger partial charge in [0, 0.05) is 19.6 Å². The number of amides is 2. The van der Waals surface area contributed by atoms with Crippen LogP contribution in [0, 0.1) is 0 Å². The predicted molar refractivity (Wildman–Crippen MR) is 75.5 cm³/mol. The minimum atomic E-state index is -3.17. The fourth-order valence-electron chi connectivity index (χ4n) is 2.26. The van der Waals surface area contributed by atoms with Crippen LogP contribution in [-0.2, 0) is 19.6 Å². The highest BCUT2D eigenvalue weighted by molar-refractivity contribution is 7.88. The van der Waals surface area contributed by atoms with E-state index in [-0.39, 0.29) is 18.2 Å². The summed E-state index contributed by atoms with van der Waals surface area (Å²) < 4.78 is 24.2. The molecular weight excluding hydrogens is 282 g/mol. The topological polar surface area (TPSA) is 86.8 Å². The Balaban J connectivity index is 2.35.